The fourth-order valence-electron chi connectivity index (χ4n) is 1.61. The number of halogens is 2. The quantitative estimate of drug-likeness (QED) is 0.646. The SMILES string of the molecule is Cc1ccccc1Sc1ccc(C(=N)N)c(Br)c1F. The Morgan fingerprint density at radius 1 is 1.21 bits per heavy atom. The topological polar surface area (TPSA) is 49.9 Å². The van der Waals surface area contributed by atoms with Gasteiger partial charge in [-0.15, -0.1) is 0 Å². The highest BCUT2D eigenvalue weighted by Crippen LogP contribution is 2.35. The zero-order valence-electron chi connectivity index (χ0n) is 10.2. The van der Waals surface area contributed by atoms with Crippen LogP contribution >= 0.6 is 27.7 Å². The minimum Gasteiger partial charge on any atom is -0.384 e. The second-order valence-corrected chi connectivity index (χ2v) is 5.90. The molecule has 2 rings (SSSR count). The van der Waals surface area contributed by atoms with Crippen molar-refractivity contribution < 1.29 is 4.39 Å². The average molecular weight is 339 g/mol. The van der Waals surface area contributed by atoms with Crippen LogP contribution in [0.5, 0.6) is 0 Å². The first kappa shape index (κ1) is 14.1. The largest absolute Gasteiger partial charge is 0.384 e. The molecule has 0 atom stereocenters. The van der Waals surface area contributed by atoms with Gasteiger partial charge in [0.25, 0.3) is 0 Å². The van der Waals surface area contributed by atoms with Crippen molar-refractivity contribution in [2.45, 2.75) is 16.7 Å². The zero-order chi connectivity index (χ0) is 14.0. The molecule has 5 heteroatoms. The number of nitrogen functional groups attached to an aromatic ring is 1. The fraction of sp³-hybridized carbons (Fsp3) is 0.0714. The van der Waals surface area contributed by atoms with E-state index >= 15 is 0 Å². The third kappa shape index (κ3) is 2.98. The molecule has 0 spiro atoms. The van der Waals surface area contributed by atoms with Crippen LogP contribution < -0.4 is 5.73 Å². The third-order valence-corrected chi connectivity index (χ3v) is 4.64. The van der Waals surface area contributed by atoms with Crippen molar-refractivity contribution in [2.75, 3.05) is 0 Å². The normalized spacial score (nSPS) is 10.5. The van der Waals surface area contributed by atoms with E-state index in [1.54, 1.807) is 12.1 Å². The van der Waals surface area contributed by atoms with Gasteiger partial charge in [0, 0.05) is 15.4 Å². The predicted molar refractivity (Wildman–Crippen MR) is 80.4 cm³/mol. The molecule has 2 aromatic carbocycles. The van der Waals surface area contributed by atoms with E-state index in [1.807, 2.05) is 31.2 Å². The third-order valence-electron chi connectivity index (χ3n) is 2.65. The fourth-order valence-corrected chi connectivity index (χ4v) is 3.24. The van der Waals surface area contributed by atoms with E-state index < -0.39 is 0 Å². The predicted octanol–water partition coefficient (Wildman–Crippen LogP) is 4.33. The van der Waals surface area contributed by atoms with Gasteiger partial charge in [-0.3, -0.25) is 5.41 Å². The molecule has 2 nitrogen and oxygen atoms in total. The van der Waals surface area contributed by atoms with Crippen molar-refractivity contribution in [2.24, 2.45) is 5.73 Å². The van der Waals surface area contributed by atoms with Crippen LogP contribution in [0.15, 0.2) is 50.7 Å². The molecule has 0 aliphatic rings. The summed E-state index contributed by atoms with van der Waals surface area (Å²) < 4.78 is 14.5. The second kappa shape index (κ2) is 5.75. The summed E-state index contributed by atoms with van der Waals surface area (Å²) >= 11 is 4.51. The number of amidine groups is 1. The molecule has 0 aliphatic heterocycles. The molecule has 0 saturated carbocycles. The molecule has 0 fully saturated rings. The van der Waals surface area contributed by atoms with Crippen molar-refractivity contribution in [3.8, 4) is 0 Å². The lowest BCUT2D eigenvalue weighted by atomic mass is 10.2. The van der Waals surface area contributed by atoms with Gasteiger partial charge in [-0.25, -0.2) is 4.39 Å². The van der Waals surface area contributed by atoms with Crippen molar-refractivity contribution in [1.82, 2.24) is 0 Å². The highest BCUT2D eigenvalue weighted by molar-refractivity contribution is 9.10. The molecule has 19 heavy (non-hydrogen) atoms. The molecular formula is C14H12BrFN2S. The van der Waals surface area contributed by atoms with Crippen LogP contribution in [0.3, 0.4) is 0 Å². The minimum atomic E-state index is -0.388. The molecule has 0 aliphatic carbocycles. The standard InChI is InChI=1S/C14H12BrFN2S/c1-8-4-2-3-5-10(8)19-11-7-6-9(14(17)18)12(15)13(11)16/h2-7H,1H3,(H3,17,18). The summed E-state index contributed by atoms with van der Waals surface area (Å²) in [5.74, 6) is -0.542. The number of nitrogens with one attached hydrogen (secondary N) is 1. The van der Waals surface area contributed by atoms with Gasteiger partial charge < -0.3 is 5.73 Å². The van der Waals surface area contributed by atoms with Crippen LogP contribution in [0.4, 0.5) is 4.39 Å². The maximum Gasteiger partial charge on any atom is 0.152 e. The van der Waals surface area contributed by atoms with Gasteiger partial charge in [0.2, 0.25) is 0 Å². The van der Waals surface area contributed by atoms with Gasteiger partial charge in [-0.1, -0.05) is 30.0 Å². The molecule has 0 saturated heterocycles. The van der Waals surface area contributed by atoms with E-state index in [-0.39, 0.29) is 16.1 Å². The number of aryl methyl sites for hydroxylation is 1. The molecule has 98 valence electrons. The van der Waals surface area contributed by atoms with Crippen LogP contribution in [0.25, 0.3) is 0 Å². The molecule has 0 radical (unpaired) electrons. The van der Waals surface area contributed by atoms with Crippen molar-refractivity contribution in [1.29, 1.82) is 5.41 Å². The lowest BCUT2D eigenvalue weighted by Gasteiger charge is -2.09. The summed E-state index contributed by atoms with van der Waals surface area (Å²) in [5, 5.41) is 7.37. The van der Waals surface area contributed by atoms with Crippen LogP contribution in [0, 0.1) is 18.2 Å². The maximum atomic E-state index is 14.2. The van der Waals surface area contributed by atoms with Gasteiger partial charge >= 0.3 is 0 Å². The van der Waals surface area contributed by atoms with E-state index in [1.165, 1.54) is 11.8 Å². The van der Waals surface area contributed by atoms with E-state index in [0.29, 0.717) is 10.5 Å². The van der Waals surface area contributed by atoms with Gasteiger partial charge in [-0.05, 0) is 46.6 Å². The first-order valence-corrected chi connectivity index (χ1v) is 7.17. The van der Waals surface area contributed by atoms with Crippen LogP contribution in [-0.4, -0.2) is 5.84 Å². The summed E-state index contributed by atoms with van der Waals surface area (Å²) in [6, 6.07) is 11.1. The van der Waals surface area contributed by atoms with Crippen LogP contribution in [0.2, 0.25) is 0 Å². The van der Waals surface area contributed by atoms with Crippen molar-refractivity contribution in [3.05, 3.63) is 57.8 Å². The summed E-state index contributed by atoms with van der Waals surface area (Å²) in [6.45, 7) is 1.99. The van der Waals surface area contributed by atoms with E-state index in [2.05, 4.69) is 15.9 Å². The monoisotopic (exact) mass is 338 g/mol. The number of rotatable bonds is 3. The number of nitrogens with two attached hydrogens (primary N) is 1. The Kier molecular flexibility index (Phi) is 4.27. The lowest BCUT2D eigenvalue weighted by Crippen LogP contribution is -2.12. The number of hydrogen-bond acceptors (Lipinski definition) is 2. The summed E-state index contributed by atoms with van der Waals surface area (Å²) in [6.07, 6.45) is 0. The highest BCUT2D eigenvalue weighted by Gasteiger charge is 2.14. The highest BCUT2D eigenvalue weighted by atomic mass is 79.9. The Balaban J connectivity index is 2.40. The summed E-state index contributed by atoms with van der Waals surface area (Å²) in [4.78, 5) is 1.51. The number of benzene rings is 2. The van der Waals surface area contributed by atoms with Crippen molar-refractivity contribution >= 4 is 33.5 Å². The molecular weight excluding hydrogens is 327 g/mol. The first-order chi connectivity index (χ1) is 9.00. The molecule has 0 heterocycles. The van der Waals surface area contributed by atoms with Crippen LogP contribution in [-0.2, 0) is 0 Å². The molecule has 3 N–H and O–H groups in total. The Labute approximate surface area is 123 Å². The van der Waals surface area contributed by atoms with Crippen molar-refractivity contribution in [3.63, 3.8) is 0 Å². The Morgan fingerprint density at radius 3 is 2.53 bits per heavy atom. The lowest BCUT2D eigenvalue weighted by molar-refractivity contribution is 0.594. The smallest absolute Gasteiger partial charge is 0.152 e. The van der Waals surface area contributed by atoms with E-state index in [0.717, 1.165) is 10.5 Å². The zero-order valence-corrected chi connectivity index (χ0v) is 12.6. The molecule has 0 amide bonds. The molecule has 0 unspecified atom stereocenters. The van der Waals surface area contributed by atoms with Gasteiger partial charge in [0.1, 0.15) is 5.84 Å². The molecule has 0 aromatic heterocycles. The molecule has 0 bridgehead atoms. The van der Waals surface area contributed by atoms with Gasteiger partial charge in [0.05, 0.1) is 4.47 Å². The molecule has 2 aromatic rings. The Bertz CT molecular complexity index is 643. The van der Waals surface area contributed by atoms with Crippen LogP contribution in [0.1, 0.15) is 11.1 Å². The Morgan fingerprint density at radius 2 is 1.89 bits per heavy atom. The minimum absolute atomic E-state index is 0.154. The second-order valence-electron chi connectivity index (χ2n) is 4.02. The number of hydrogen-bond donors (Lipinski definition) is 2. The average Bonchev–Trinajstić information content (AvgIpc) is 2.37. The van der Waals surface area contributed by atoms with E-state index in [4.69, 9.17) is 11.1 Å². The maximum absolute atomic E-state index is 14.2. The van der Waals surface area contributed by atoms with E-state index in [9.17, 15) is 4.39 Å². The summed E-state index contributed by atoms with van der Waals surface area (Å²) in [7, 11) is 0. The Hall–Kier alpha value is -1.33. The van der Waals surface area contributed by atoms with Gasteiger partial charge in [0.15, 0.2) is 5.82 Å². The summed E-state index contributed by atoms with van der Waals surface area (Å²) in [5.41, 5.74) is 6.85. The van der Waals surface area contributed by atoms with Gasteiger partial charge in [-0.2, -0.15) is 0 Å². The first-order valence-electron chi connectivity index (χ1n) is 5.56.